The highest BCUT2D eigenvalue weighted by Crippen LogP contribution is 2.18. The monoisotopic (exact) mass is 303 g/mol. The zero-order valence-electron chi connectivity index (χ0n) is 9.38. The van der Waals surface area contributed by atoms with Crippen LogP contribution in [0, 0.1) is 0 Å². The van der Waals surface area contributed by atoms with Gasteiger partial charge in [0.1, 0.15) is 5.25 Å². The molecular formula is C8H14ClNO5S2. The second-order valence-electron chi connectivity index (χ2n) is 4.18. The second-order valence-corrected chi connectivity index (χ2v) is 9.26. The number of nitrogens with one attached hydrogen (secondary N) is 1. The van der Waals surface area contributed by atoms with Crippen molar-refractivity contribution in [2.75, 3.05) is 17.8 Å². The minimum absolute atomic E-state index is 0.202. The summed E-state index contributed by atoms with van der Waals surface area (Å²) in [5.41, 5.74) is 0. The Morgan fingerprint density at radius 2 is 1.94 bits per heavy atom. The average Bonchev–Trinajstić information content (AvgIpc) is 2.36. The number of carbonyl (C=O) groups excluding carboxylic acids is 1. The van der Waals surface area contributed by atoms with E-state index in [-0.39, 0.29) is 11.5 Å². The van der Waals surface area contributed by atoms with Crippen molar-refractivity contribution < 1.29 is 21.6 Å². The Kier molecular flexibility index (Phi) is 4.10. The summed E-state index contributed by atoms with van der Waals surface area (Å²) in [4.78, 5) is 11.6. The lowest BCUT2D eigenvalue weighted by atomic mass is 10.2. The third-order valence-corrected chi connectivity index (χ3v) is 6.50. The van der Waals surface area contributed by atoms with Crippen LogP contribution in [-0.2, 0) is 24.5 Å². The molecule has 3 atom stereocenters. The summed E-state index contributed by atoms with van der Waals surface area (Å²) in [7, 11) is -6.74. The van der Waals surface area contributed by atoms with Crippen molar-refractivity contribution in [3.05, 3.63) is 0 Å². The van der Waals surface area contributed by atoms with E-state index in [1.807, 2.05) is 0 Å². The summed E-state index contributed by atoms with van der Waals surface area (Å²) in [6.07, 6.45) is 0.945. The average molecular weight is 304 g/mol. The van der Waals surface area contributed by atoms with Gasteiger partial charge in [0.05, 0.1) is 22.9 Å². The van der Waals surface area contributed by atoms with E-state index in [0.717, 1.165) is 6.26 Å². The van der Waals surface area contributed by atoms with Crippen LogP contribution in [0.5, 0.6) is 0 Å². The lowest BCUT2D eigenvalue weighted by Gasteiger charge is -2.17. The maximum atomic E-state index is 11.6. The van der Waals surface area contributed by atoms with Crippen LogP contribution < -0.4 is 5.32 Å². The first-order valence-corrected chi connectivity index (χ1v) is 9.08. The van der Waals surface area contributed by atoms with Crippen molar-refractivity contribution in [3.63, 3.8) is 0 Å². The van der Waals surface area contributed by atoms with E-state index < -0.39 is 42.3 Å². The fourth-order valence-corrected chi connectivity index (χ4v) is 4.44. The zero-order valence-corrected chi connectivity index (χ0v) is 11.8. The standard InChI is InChI=1S/C8H14ClNO5S2/c1-5(16(2,12)13)8(11)10-7-4-17(14,15)3-6(7)9/h5-7H,3-4H2,1-2H3,(H,10,11). The number of amides is 1. The van der Waals surface area contributed by atoms with Crippen LogP contribution in [0.15, 0.2) is 0 Å². The van der Waals surface area contributed by atoms with Crippen LogP contribution >= 0.6 is 11.6 Å². The molecule has 1 aliphatic rings. The van der Waals surface area contributed by atoms with Crippen molar-refractivity contribution in [1.82, 2.24) is 5.32 Å². The van der Waals surface area contributed by atoms with Gasteiger partial charge in [0.25, 0.3) is 0 Å². The first-order valence-electron chi connectivity index (χ1n) is 4.86. The maximum absolute atomic E-state index is 11.6. The number of rotatable bonds is 3. The van der Waals surface area contributed by atoms with Crippen LogP contribution in [0.3, 0.4) is 0 Å². The lowest BCUT2D eigenvalue weighted by molar-refractivity contribution is -0.120. The van der Waals surface area contributed by atoms with E-state index in [9.17, 15) is 21.6 Å². The number of halogens is 1. The van der Waals surface area contributed by atoms with Crippen LogP contribution in [0.1, 0.15) is 6.92 Å². The molecule has 0 aromatic heterocycles. The molecule has 1 aliphatic heterocycles. The van der Waals surface area contributed by atoms with Gasteiger partial charge in [0.2, 0.25) is 5.91 Å². The maximum Gasteiger partial charge on any atom is 0.238 e. The summed E-state index contributed by atoms with van der Waals surface area (Å²) >= 11 is 5.78. The summed E-state index contributed by atoms with van der Waals surface area (Å²) in [5, 5.41) is 0.436. The number of hydrogen-bond donors (Lipinski definition) is 1. The van der Waals surface area contributed by atoms with E-state index in [0.29, 0.717) is 0 Å². The summed E-state index contributed by atoms with van der Waals surface area (Å²) in [6.45, 7) is 1.25. The molecule has 1 heterocycles. The van der Waals surface area contributed by atoms with E-state index >= 15 is 0 Å². The highest BCUT2D eigenvalue weighted by molar-refractivity contribution is 7.92. The van der Waals surface area contributed by atoms with Crippen molar-refractivity contribution in [2.45, 2.75) is 23.6 Å². The normalized spacial score (nSPS) is 29.8. The third kappa shape index (κ3) is 3.82. The highest BCUT2D eigenvalue weighted by Gasteiger charge is 2.38. The van der Waals surface area contributed by atoms with E-state index in [1.165, 1.54) is 6.92 Å². The van der Waals surface area contributed by atoms with Crippen molar-refractivity contribution in [1.29, 1.82) is 0 Å². The Labute approximate surface area is 106 Å². The van der Waals surface area contributed by atoms with Gasteiger partial charge in [-0.15, -0.1) is 11.6 Å². The van der Waals surface area contributed by atoms with Crippen molar-refractivity contribution >= 4 is 37.2 Å². The molecule has 0 saturated carbocycles. The molecule has 1 rings (SSSR count). The molecule has 6 nitrogen and oxygen atoms in total. The van der Waals surface area contributed by atoms with Gasteiger partial charge in [-0.1, -0.05) is 0 Å². The molecule has 1 amide bonds. The quantitative estimate of drug-likeness (QED) is 0.670. The molecule has 0 aromatic carbocycles. The van der Waals surface area contributed by atoms with Crippen molar-refractivity contribution in [2.24, 2.45) is 0 Å². The number of sulfone groups is 2. The largest absolute Gasteiger partial charge is 0.350 e. The van der Waals surface area contributed by atoms with Crippen LogP contribution in [0.2, 0.25) is 0 Å². The van der Waals surface area contributed by atoms with Crippen LogP contribution in [-0.4, -0.2) is 57.2 Å². The molecule has 0 aliphatic carbocycles. The predicted molar refractivity (Wildman–Crippen MR) is 64.5 cm³/mol. The minimum atomic E-state index is -3.49. The van der Waals surface area contributed by atoms with Gasteiger partial charge in [-0.2, -0.15) is 0 Å². The molecule has 0 radical (unpaired) electrons. The van der Waals surface area contributed by atoms with E-state index in [4.69, 9.17) is 11.6 Å². The van der Waals surface area contributed by atoms with Gasteiger partial charge >= 0.3 is 0 Å². The molecule has 100 valence electrons. The summed E-state index contributed by atoms with van der Waals surface area (Å²) < 4.78 is 44.8. The van der Waals surface area contributed by atoms with Gasteiger partial charge in [0, 0.05) is 6.26 Å². The van der Waals surface area contributed by atoms with Gasteiger partial charge < -0.3 is 5.32 Å². The molecule has 0 spiro atoms. The molecule has 1 saturated heterocycles. The molecule has 3 unspecified atom stereocenters. The molecular weight excluding hydrogens is 290 g/mol. The Balaban J connectivity index is 2.72. The smallest absolute Gasteiger partial charge is 0.238 e. The third-order valence-electron chi connectivity index (χ3n) is 2.62. The molecule has 1 fully saturated rings. The molecule has 17 heavy (non-hydrogen) atoms. The molecule has 9 heteroatoms. The molecule has 0 aromatic rings. The Morgan fingerprint density at radius 3 is 2.29 bits per heavy atom. The predicted octanol–water partition coefficient (Wildman–Crippen LogP) is -1.06. The molecule has 0 bridgehead atoms. The SMILES string of the molecule is CC(C(=O)NC1CS(=O)(=O)CC1Cl)S(C)(=O)=O. The Bertz CT molecular complexity index is 512. The van der Waals surface area contributed by atoms with Gasteiger partial charge in [0.15, 0.2) is 19.7 Å². The second kappa shape index (κ2) is 4.74. The summed E-state index contributed by atoms with van der Waals surface area (Å²) in [6, 6.07) is -0.724. The molecule has 1 N–H and O–H groups in total. The highest BCUT2D eigenvalue weighted by atomic mass is 35.5. The zero-order chi connectivity index (χ0) is 13.4. The number of hydrogen-bond acceptors (Lipinski definition) is 5. The summed E-state index contributed by atoms with van der Waals surface area (Å²) in [5.74, 6) is -1.17. The minimum Gasteiger partial charge on any atom is -0.350 e. The van der Waals surface area contributed by atoms with Crippen LogP contribution in [0.25, 0.3) is 0 Å². The lowest BCUT2D eigenvalue weighted by Crippen LogP contribution is -2.46. The number of carbonyl (C=O) groups is 1. The van der Waals surface area contributed by atoms with Gasteiger partial charge in [-0.3, -0.25) is 4.79 Å². The van der Waals surface area contributed by atoms with Gasteiger partial charge in [-0.05, 0) is 6.92 Å². The topological polar surface area (TPSA) is 97.4 Å². The van der Waals surface area contributed by atoms with E-state index in [2.05, 4.69) is 5.32 Å². The first-order chi connectivity index (χ1) is 7.53. The Morgan fingerprint density at radius 1 is 1.41 bits per heavy atom. The van der Waals surface area contributed by atoms with Gasteiger partial charge in [-0.25, -0.2) is 16.8 Å². The van der Waals surface area contributed by atoms with Crippen LogP contribution in [0.4, 0.5) is 0 Å². The van der Waals surface area contributed by atoms with E-state index in [1.54, 1.807) is 0 Å². The first kappa shape index (κ1) is 14.7. The van der Waals surface area contributed by atoms with Crippen molar-refractivity contribution in [3.8, 4) is 0 Å². The number of alkyl halides is 1. The Hall–Kier alpha value is -0.340. The fraction of sp³-hybridized carbons (Fsp3) is 0.875. The fourth-order valence-electron chi connectivity index (χ4n) is 1.43.